The Kier molecular flexibility index (Phi) is 7.18. The number of aromatic nitrogens is 4. The van der Waals surface area contributed by atoms with Crippen LogP contribution in [0.3, 0.4) is 0 Å². The van der Waals surface area contributed by atoms with Crippen LogP contribution in [0, 0.1) is 13.0 Å². The summed E-state index contributed by atoms with van der Waals surface area (Å²) < 4.78 is 8.24. The largest absolute Gasteiger partial charge is 0.506 e. The van der Waals surface area contributed by atoms with Crippen LogP contribution in [-0.2, 0) is 26.5 Å². The van der Waals surface area contributed by atoms with E-state index >= 15 is 0 Å². The molecule has 0 amide bonds. The fourth-order valence-corrected chi connectivity index (χ4v) is 5.05. The van der Waals surface area contributed by atoms with Crippen molar-refractivity contribution in [1.29, 1.82) is 0 Å². The predicted molar refractivity (Wildman–Crippen MR) is 156 cm³/mol. The number of pyridine rings is 1. The first-order valence-corrected chi connectivity index (χ1v) is 13.2. The first-order valence-electron chi connectivity index (χ1n) is 13.2. The molecule has 6 aromatic rings. The third-order valence-corrected chi connectivity index (χ3v) is 7.12. The summed E-state index contributed by atoms with van der Waals surface area (Å²) in [6.45, 7) is 12.7. The van der Waals surface area contributed by atoms with Crippen molar-refractivity contribution < 1.29 is 30.9 Å². The van der Waals surface area contributed by atoms with Gasteiger partial charge in [0.05, 0.1) is 0 Å². The van der Waals surface area contributed by atoms with Gasteiger partial charge in [-0.1, -0.05) is 52.3 Å². The number of ether oxygens (including phenoxy) is 1. The minimum Gasteiger partial charge on any atom is -0.506 e. The van der Waals surface area contributed by atoms with Crippen molar-refractivity contribution in [2.75, 3.05) is 0 Å². The van der Waals surface area contributed by atoms with Gasteiger partial charge in [0.1, 0.15) is 11.3 Å². The fourth-order valence-electron chi connectivity index (χ4n) is 5.05. The van der Waals surface area contributed by atoms with Gasteiger partial charge in [0.2, 0.25) is 11.8 Å². The van der Waals surface area contributed by atoms with Gasteiger partial charge < -0.3 is 14.4 Å². The molecule has 3 aromatic carbocycles. The van der Waals surface area contributed by atoms with E-state index in [1.54, 1.807) is 6.07 Å². The Morgan fingerprint density at radius 3 is 2.42 bits per heavy atom. The van der Waals surface area contributed by atoms with E-state index in [9.17, 15) is 5.11 Å². The number of hydrogen-bond acceptors (Lipinski definition) is 5. The van der Waals surface area contributed by atoms with Gasteiger partial charge in [-0.15, -0.1) is 17.5 Å². The summed E-state index contributed by atoms with van der Waals surface area (Å²) in [5.41, 5.74) is 5.58. The summed E-state index contributed by atoms with van der Waals surface area (Å²) in [6, 6.07) is 21.4. The van der Waals surface area contributed by atoms with E-state index in [-0.39, 0.29) is 32.2 Å². The molecule has 0 radical (unpaired) electrons. The van der Waals surface area contributed by atoms with E-state index in [1.165, 1.54) is 5.56 Å². The first kappa shape index (κ1) is 27.8. The van der Waals surface area contributed by atoms with Crippen LogP contribution in [0.2, 0.25) is 0 Å². The van der Waals surface area contributed by atoms with Crippen molar-refractivity contribution in [2.45, 2.75) is 52.9 Å². The SMILES string of the molecule is Cc1cnc(-n2c3[c-]c(Oc4ccc5cc(C(C)(C)C)cc(O)c5n4)ccc3c3c(C(C)C)cccc32)nc1.[Pt]. The molecule has 3 aromatic heterocycles. The summed E-state index contributed by atoms with van der Waals surface area (Å²) in [7, 11) is 0. The molecule has 7 heteroatoms. The van der Waals surface area contributed by atoms with Crippen molar-refractivity contribution in [3.05, 3.63) is 89.7 Å². The van der Waals surface area contributed by atoms with Gasteiger partial charge in [-0.3, -0.25) is 0 Å². The summed E-state index contributed by atoms with van der Waals surface area (Å²) in [4.78, 5) is 13.9. The van der Waals surface area contributed by atoms with Crippen LogP contribution in [-0.4, -0.2) is 24.6 Å². The quantitative estimate of drug-likeness (QED) is 0.187. The molecular weight excluding hydrogens is 679 g/mol. The number of rotatable bonds is 4. The smallest absolute Gasteiger partial charge is 0.232 e. The Balaban J connectivity index is 0.00000323. The van der Waals surface area contributed by atoms with E-state index in [2.05, 4.69) is 86.0 Å². The Morgan fingerprint density at radius 1 is 0.975 bits per heavy atom. The molecule has 206 valence electrons. The predicted octanol–water partition coefficient (Wildman–Crippen LogP) is 8.15. The number of benzene rings is 3. The van der Waals surface area contributed by atoms with Gasteiger partial charge in [-0.2, -0.15) is 6.07 Å². The van der Waals surface area contributed by atoms with E-state index in [0.29, 0.717) is 29.0 Å². The fraction of sp³-hybridized carbons (Fsp3) is 0.242. The zero-order chi connectivity index (χ0) is 27.5. The Labute approximate surface area is 248 Å². The van der Waals surface area contributed by atoms with E-state index < -0.39 is 0 Å². The molecule has 1 N–H and O–H groups in total. The third kappa shape index (κ3) is 4.86. The molecule has 0 fully saturated rings. The van der Waals surface area contributed by atoms with Crippen LogP contribution in [0.25, 0.3) is 38.7 Å². The number of phenolic OH excluding ortho intramolecular Hbond substituents is 1. The number of aryl methyl sites for hydroxylation is 1. The van der Waals surface area contributed by atoms with Gasteiger partial charge in [-0.25, -0.2) is 15.0 Å². The molecule has 0 atom stereocenters. The molecule has 0 aliphatic heterocycles. The molecular formula is C33H31N4O2Pt-. The second-order valence-corrected chi connectivity index (χ2v) is 11.4. The molecule has 0 aliphatic rings. The number of fused-ring (bicyclic) bond motifs is 4. The maximum atomic E-state index is 10.7. The average molecular weight is 711 g/mol. The standard InChI is InChI=1S/C33H31N4O2.Pt/c1-19(2)24-8-7-9-26-30(24)25-12-11-23(16-27(25)37(26)32-34-17-20(3)18-35-32)39-29-13-10-21-14-22(33(4,5)6)15-28(38)31(21)36-29;/h7-15,17-19,38H,1-6H3;/q-1;. The monoisotopic (exact) mass is 710 g/mol. The normalized spacial score (nSPS) is 11.9. The van der Waals surface area contributed by atoms with Crippen molar-refractivity contribution in [1.82, 2.24) is 19.5 Å². The molecule has 6 nitrogen and oxygen atoms in total. The van der Waals surface area contributed by atoms with Gasteiger partial charge >= 0.3 is 0 Å². The maximum Gasteiger partial charge on any atom is 0.232 e. The molecule has 0 saturated carbocycles. The number of hydrogen-bond donors (Lipinski definition) is 1. The molecule has 0 aliphatic carbocycles. The molecule has 6 rings (SSSR count). The van der Waals surface area contributed by atoms with Crippen molar-refractivity contribution in [3.63, 3.8) is 0 Å². The second kappa shape index (κ2) is 10.3. The molecule has 3 heterocycles. The van der Waals surface area contributed by atoms with E-state index in [1.807, 2.05) is 42.1 Å². The van der Waals surface area contributed by atoms with Crippen LogP contribution >= 0.6 is 0 Å². The molecule has 0 saturated heterocycles. The minimum atomic E-state index is -0.0831. The molecule has 40 heavy (non-hydrogen) atoms. The van der Waals surface area contributed by atoms with Crippen LogP contribution in [0.5, 0.6) is 17.4 Å². The Morgan fingerprint density at radius 2 is 1.73 bits per heavy atom. The molecule has 0 bridgehead atoms. The second-order valence-electron chi connectivity index (χ2n) is 11.4. The number of aromatic hydroxyl groups is 1. The average Bonchev–Trinajstić information content (AvgIpc) is 3.22. The van der Waals surface area contributed by atoms with Crippen molar-refractivity contribution in [3.8, 4) is 23.3 Å². The van der Waals surface area contributed by atoms with Gasteiger partial charge in [0.15, 0.2) is 0 Å². The Bertz CT molecular complexity index is 1870. The minimum absolute atomic E-state index is 0. The van der Waals surface area contributed by atoms with Gasteiger partial charge in [-0.05, 0) is 64.6 Å². The van der Waals surface area contributed by atoms with E-state index in [0.717, 1.165) is 38.3 Å². The van der Waals surface area contributed by atoms with Gasteiger partial charge in [0.25, 0.3) is 0 Å². The zero-order valence-corrected chi connectivity index (χ0v) is 25.7. The number of nitrogens with zero attached hydrogens (tertiary/aromatic N) is 4. The molecule has 0 unspecified atom stereocenters. The first-order chi connectivity index (χ1) is 18.6. The van der Waals surface area contributed by atoms with Gasteiger partial charge in [0, 0.05) is 56.2 Å². The van der Waals surface area contributed by atoms with Crippen LogP contribution in [0.15, 0.2) is 67.0 Å². The topological polar surface area (TPSA) is 73.1 Å². The zero-order valence-electron chi connectivity index (χ0n) is 23.4. The summed E-state index contributed by atoms with van der Waals surface area (Å²) >= 11 is 0. The van der Waals surface area contributed by atoms with Crippen LogP contribution in [0.4, 0.5) is 0 Å². The van der Waals surface area contributed by atoms with E-state index in [4.69, 9.17) is 4.74 Å². The third-order valence-electron chi connectivity index (χ3n) is 7.12. The van der Waals surface area contributed by atoms with Crippen molar-refractivity contribution >= 4 is 32.7 Å². The molecule has 0 spiro atoms. The number of phenols is 1. The summed E-state index contributed by atoms with van der Waals surface area (Å²) in [5, 5.41) is 13.8. The van der Waals surface area contributed by atoms with Crippen LogP contribution in [0.1, 0.15) is 57.2 Å². The van der Waals surface area contributed by atoms with Crippen LogP contribution < -0.4 is 4.74 Å². The maximum absolute atomic E-state index is 10.7. The Hall–Kier alpha value is -3.76. The van der Waals surface area contributed by atoms with Crippen molar-refractivity contribution in [2.24, 2.45) is 0 Å². The summed E-state index contributed by atoms with van der Waals surface area (Å²) in [6.07, 6.45) is 3.65. The summed E-state index contributed by atoms with van der Waals surface area (Å²) in [5.74, 6) is 1.96.